The maximum absolute atomic E-state index is 12.9. The molecule has 2 aromatic rings. The van der Waals surface area contributed by atoms with Crippen LogP contribution < -0.4 is 9.46 Å². The number of ether oxygens (including phenoxy) is 1. The van der Waals surface area contributed by atoms with Gasteiger partial charge in [-0.2, -0.15) is 5.10 Å². The molecular formula is C19H28N4O3S. The molecule has 1 saturated carbocycles. The molecule has 3 rings (SSSR count). The van der Waals surface area contributed by atoms with E-state index in [1.165, 1.54) is 0 Å². The van der Waals surface area contributed by atoms with Crippen molar-refractivity contribution in [1.82, 2.24) is 19.5 Å². The summed E-state index contributed by atoms with van der Waals surface area (Å²) in [7, 11) is -3.58. The molecule has 1 aliphatic carbocycles. The summed E-state index contributed by atoms with van der Waals surface area (Å²) in [5.74, 6) is 0.628. The van der Waals surface area contributed by atoms with Gasteiger partial charge in [0, 0.05) is 24.8 Å². The average Bonchev–Trinajstić information content (AvgIpc) is 2.92. The van der Waals surface area contributed by atoms with Crippen LogP contribution >= 0.6 is 0 Å². The second-order valence-corrected chi connectivity index (χ2v) is 8.85. The summed E-state index contributed by atoms with van der Waals surface area (Å²) in [5, 5.41) is 4.32. The van der Waals surface area contributed by atoms with Gasteiger partial charge in [0.05, 0.1) is 11.4 Å². The van der Waals surface area contributed by atoms with Gasteiger partial charge in [-0.1, -0.05) is 6.07 Å². The van der Waals surface area contributed by atoms with Crippen molar-refractivity contribution in [3.63, 3.8) is 0 Å². The van der Waals surface area contributed by atoms with Crippen LogP contribution in [0.1, 0.15) is 49.6 Å². The first-order valence-corrected chi connectivity index (χ1v) is 10.9. The molecule has 7 nitrogen and oxygen atoms in total. The monoisotopic (exact) mass is 392 g/mol. The molecule has 0 atom stereocenters. The molecule has 0 amide bonds. The Bertz CT molecular complexity index is 882. The van der Waals surface area contributed by atoms with Crippen LogP contribution in [0.5, 0.6) is 5.88 Å². The van der Waals surface area contributed by atoms with Crippen molar-refractivity contribution in [2.45, 2.75) is 77.0 Å². The molecule has 1 aliphatic rings. The van der Waals surface area contributed by atoms with Crippen LogP contribution in [0.3, 0.4) is 0 Å². The van der Waals surface area contributed by atoms with Gasteiger partial charge >= 0.3 is 0 Å². The number of sulfonamides is 1. The molecule has 148 valence electrons. The summed E-state index contributed by atoms with van der Waals surface area (Å²) >= 11 is 0. The lowest BCUT2D eigenvalue weighted by Crippen LogP contribution is -2.40. The number of hydrogen-bond acceptors (Lipinski definition) is 5. The summed E-state index contributed by atoms with van der Waals surface area (Å²) in [6.45, 7) is 8.14. The first-order valence-electron chi connectivity index (χ1n) is 9.45. The molecule has 0 bridgehead atoms. The maximum atomic E-state index is 12.9. The largest absolute Gasteiger partial charge is 0.474 e. The Kier molecular flexibility index (Phi) is 5.86. The second kappa shape index (κ2) is 7.98. The van der Waals surface area contributed by atoms with E-state index >= 15 is 0 Å². The van der Waals surface area contributed by atoms with Crippen molar-refractivity contribution in [3.05, 3.63) is 35.3 Å². The Morgan fingerprint density at radius 3 is 2.44 bits per heavy atom. The van der Waals surface area contributed by atoms with Crippen molar-refractivity contribution in [3.8, 4) is 5.88 Å². The van der Waals surface area contributed by atoms with Crippen LogP contribution in [0.15, 0.2) is 23.2 Å². The zero-order chi connectivity index (χ0) is 19.6. The van der Waals surface area contributed by atoms with E-state index in [-0.39, 0.29) is 12.1 Å². The van der Waals surface area contributed by atoms with Crippen molar-refractivity contribution in [2.75, 3.05) is 0 Å². The van der Waals surface area contributed by atoms with Gasteiger partial charge in [-0.3, -0.25) is 4.68 Å². The van der Waals surface area contributed by atoms with Crippen molar-refractivity contribution >= 4 is 10.0 Å². The third-order valence-corrected chi connectivity index (χ3v) is 6.82. The van der Waals surface area contributed by atoms with Crippen LogP contribution in [-0.4, -0.2) is 35.3 Å². The molecule has 0 spiro atoms. The van der Waals surface area contributed by atoms with E-state index in [2.05, 4.69) is 14.8 Å². The highest BCUT2D eigenvalue weighted by Crippen LogP contribution is 2.26. The summed E-state index contributed by atoms with van der Waals surface area (Å²) in [5.41, 5.74) is 2.33. The van der Waals surface area contributed by atoms with Gasteiger partial charge < -0.3 is 4.74 Å². The minimum Gasteiger partial charge on any atom is -0.474 e. The lowest BCUT2D eigenvalue weighted by Gasteiger charge is -2.29. The third-order valence-electron chi connectivity index (χ3n) is 5.05. The molecule has 8 heteroatoms. The molecule has 0 radical (unpaired) electrons. The lowest BCUT2D eigenvalue weighted by atomic mass is 9.94. The fourth-order valence-electron chi connectivity index (χ4n) is 3.65. The molecule has 0 saturated heterocycles. The minimum absolute atomic E-state index is 0.0762. The van der Waals surface area contributed by atoms with Gasteiger partial charge in [0.25, 0.3) is 0 Å². The van der Waals surface area contributed by atoms with Crippen LogP contribution in [0.2, 0.25) is 0 Å². The predicted octanol–water partition coefficient (Wildman–Crippen LogP) is 2.89. The van der Waals surface area contributed by atoms with Crippen LogP contribution in [0.25, 0.3) is 0 Å². The standard InChI is InChI=1S/C19H28N4O3S/c1-5-23-15(4)19(14(3)21-23)27(24,25)22-16-7-9-17(10-8-16)26-18-11-6-13(2)12-20-18/h6,11-12,16-17,22H,5,7-10H2,1-4H3. The van der Waals surface area contributed by atoms with Gasteiger partial charge in [-0.05, 0) is 58.9 Å². The Balaban J connectivity index is 1.60. The summed E-state index contributed by atoms with van der Waals surface area (Å²) in [6.07, 6.45) is 4.96. The van der Waals surface area contributed by atoms with Crippen molar-refractivity contribution in [1.29, 1.82) is 0 Å². The van der Waals surface area contributed by atoms with Crippen LogP contribution in [-0.2, 0) is 16.6 Å². The summed E-state index contributed by atoms with van der Waals surface area (Å²) in [4.78, 5) is 4.59. The molecule has 0 aliphatic heterocycles. The van der Waals surface area contributed by atoms with Crippen LogP contribution in [0, 0.1) is 20.8 Å². The first-order chi connectivity index (χ1) is 12.8. The van der Waals surface area contributed by atoms with E-state index in [9.17, 15) is 8.42 Å². The van der Waals surface area contributed by atoms with Gasteiger partial charge in [-0.25, -0.2) is 18.1 Å². The lowest BCUT2D eigenvalue weighted by molar-refractivity contribution is 0.138. The number of hydrogen-bond donors (Lipinski definition) is 1. The summed E-state index contributed by atoms with van der Waals surface area (Å²) in [6, 6.07) is 3.77. The van der Waals surface area contributed by atoms with E-state index in [4.69, 9.17) is 4.74 Å². The molecule has 1 fully saturated rings. The number of nitrogens with zero attached hydrogens (tertiary/aromatic N) is 3. The van der Waals surface area contributed by atoms with Crippen LogP contribution in [0.4, 0.5) is 0 Å². The fraction of sp³-hybridized carbons (Fsp3) is 0.579. The number of aryl methyl sites for hydroxylation is 3. The number of nitrogens with one attached hydrogen (secondary N) is 1. The summed E-state index contributed by atoms with van der Waals surface area (Å²) < 4.78 is 36.3. The Hall–Kier alpha value is -1.93. The first kappa shape index (κ1) is 19.8. The molecule has 0 unspecified atom stereocenters. The highest BCUT2D eigenvalue weighted by molar-refractivity contribution is 7.89. The van der Waals surface area contributed by atoms with E-state index in [1.807, 2.05) is 26.0 Å². The molecule has 27 heavy (non-hydrogen) atoms. The van der Waals surface area contributed by atoms with Crippen molar-refractivity contribution in [2.24, 2.45) is 0 Å². The van der Waals surface area contributed by atoms with E-state index in [0.717, 1.165) is 31.2 Å². The molecule has 0 aromatic carbocycles. The maximum Gasteiger partial charge on any atom is 0.244 e. The number of aromatic nitrogens is 3. The Morgan fingerprint density at radius 2 is 1.89 bits per heavy atom. The zero-order valence-electron chi connectivity index (χ0n) is 16.4. The van der Waals surface area contributed by atoms with Gasteiger partial charge in [0.1, 0.15) is 11.0 Å². The average molecular weight is 393 g/mol. The van der Waals surface area contributed by atoms with E-state index < -0.39 is 10.0 Å². The molecular weight excluding hydrogens is 364 g/mol. The van der Waals surface area contributed by atoms with E-state index in [0.29, 0.717) is 28.7 Å². The third kappa shape index (κ3) is 4.50. The Morgan fingerprint density at radius 1 is 1.19 bits per heavy atom. The molecule has 2 heterocycles. The fourth-order valence-corrected chi connectivity index (χ4v) is 5.37. The molecule has 1 N–H and O–H groups in total. The van der Waals surface area contributed by atoms with Crippen molar-refractivity contribution < 1.29 is 13.2 Å². The van der Waals surface area contributed by atoms with Gasteiger partial charge in [-0.15, -0.1) is 0 Å². The zero-order valence-corrected chi connectivity index (χ0v) is 17.2. The quantitative estimate of drug-likeness (QED) is 0.817. The highest BCUT2D eigenvalue weighted by Gasteiger charge is 2.30. The smallest absolute Gasteiger partial charge is 0.244 e. The number of rotatable bonds is 6. The predicted molar refractivity (Wildman–Crippen MR) is 103 cm³/mol. The Labute approximate surface area is 161 Å². The highest BCUT2D eigenvalue weighted by atomic mass is 32.2. The molecule has 2 aromatic heterocycles. The SMILES string of the molecule is CCn1nc(C)c(S(=O)(=O)NC2CCC(Oc3ccc(C)cn3)CC2)c1C. The normalized spacial score (nSPS) is 20.6. The minimum atomic E-state index is -3.58. The number of pyridine rings is 1. The topological polar surface area (TPSA) is 86.1 Å². The second-order valence-electron chi connectivity index (χ2n) is 7.20. The van der Waals surface area contributed by atoms with Gasteiger partial charge in [0.2, 0.25) is 15.9 Å². The van der Waals surface area contributed by atoms with Gasteiger partial charge in [0.15, 0.2) is 0 Å². The van der Waals surface area contributed by atoms with E-state index in [1.54, 1.807) is 24.7 Å².